The Hall–Kier alpha value is -4.06. The van der Waals surface area contributed by atoms with Crippen molar-refractivity contribution in [1.29, 1.82) is 0 Å². The fourth-order valence-corrected chi connectivity index (χ4v) is 2.76. The number of nitrogens with zero attached hydrogens (tertiary/aromatic N) is 2. The van der Waals surface area contributed by atoms with Crippen molar-refractivity contribution in [3.05, 3.63) is 60.3 Å². The normalized spacial score (nSPS) is 11.0. The van der Waals surface area contributed by atoms with Crippen molar-refractivity contribution in [2.24, 2.45) is 0 Å². The smallest absolute Gasteiger partial charge is 0.416 e. The van der Waals surface area contributed by atoms with E-state index in [1.165, 1.54) is 13.3 Å². The lowest BCUT2D eigenvalue weighted by atomic mass is 10.2. The van der Waals surface area contributed by atoms with Crippen molar-refractivity contribution in [3.63, 3.8) is 0 Å². The van der Waals surface area contributed by atoms with E-state index in [9.17, 15) is 18.0 Å². The van der Waals surface area contributed by atoms with Crippen LogP contribution in [-0.4, -0.2) is 41.4 Å². The van der Waals surface area contributed by atoms with Gasteiger partial charge in [-0.2, -0.15) is 18.2 Å². The van der Waals surface area contributed by atoms with Crippen molar-refractivity contribution in [2.75, 3.05) is 36.2 Å². The lowest BCUT2D eigenvalue weighted by molar-refractivity contribution is -0.137. The number of aromatic nitrogens is 2. The molecule has 4 N–H and O–H groups in total. The van der Waals surface area contributed by atoms with Gasteiger partial charge in [0.25, 0.3) is 0 Å². The Balaban J connectivity index is 1.61. The Morgan fingerprint density at radius 3 is 2.53 bits per heavy atom. The average molecular weight is 477 g/mol. The molecule has 0 radical (unpaired) electrons. The van der Waals surface area contributed by atoms with Crippen LogP contribution in [0.1, 0.15) is 12.0 Å². The van der Waals surface area contributed by atoms with Gasteiger partial charge in [0.15, 0.2) is 0 Å². The van der Waals surface area contributed by atoms with E-state index in [0.717, 1.165) is 18.2 Å². The topological polar surface area (TPSA) is 118 Å². The molecular weight excluding hydrogens is 455 g/mol. The first-order valence-corrected chi connectivity index (χ1v) is 10.1. The minimum Gasteiger partial charge on any atom is -0.495 e. The summed E-state index contributed by atoms with van der Waals surface area (Å²) in [5.74, 6) is 1.16. The van der Waals surface area contributed by atoms with Gasteiger partial charge in [-0.25, -0.2) is 9.78 Å². The molecule has 0 aliphatic carbocycles. The van der Waals surface area contributed by atoms with E-state index in [2.05, 4.69) is 25.9 Å². The van der Waals surface area contributed by atoms with E-state index >= 15 is 0 Å². The molecule has 0 saturated carbocycles. The van der Waals surface area contributed by atoms with E-state index in [1.807, 2.05) is 0 Å². The largest absolute Gasteiger partial charge is 0.495 e. The lowest BCUT2D eigenvalue weighted by Crippen LogP contribution is -2.20. The van der Waals surface area contributed by atoms with Gasteiger partial charge in [-0.15, -0.1) is 0 Å². The number of hydrogen-bond acceptors (Lipinski definition) is 7. The molecule has 180 valence electrons. The van der Waals surface area contributed by atoms with Crippen molar-refractivity contribution >= 4 is 23.4 Å². The summed E-state index contributed by atoms with van der Waals surface area (Å²) in [6.07, 6.45) is -2.49. The first-order chi connectivity index (χ1) is 16.3. The number of ether oxygens (including phenoxy) is 2. The van der Waals surface area contributed by atoms with Crippen molar-refractivity contribution in [3.8, 4) is 17.4 Å². The summed E-state index contributed by atoms with van der Waals surface area (Å²) in [7, 11) is 1.29. The molecule has 3 aromatic rings. The number of methoxy groups -OCH3 is 1. The molecule has 2 amide bonds. The number of rotatable bonds is 9. The highest BCUT2D eigenvalue weighted by Gasteiger charge is 2.31. The molecule has 0 atom stereocenters. The molecule has 3 rings (SSSR count). The summed E-state index contributed by atoms with van der Waals surface area (Å²) in [6, 6.07) is 9.89. The molecule has 0 fully saturated rings. The molecule has 9 nitrogen and oxygen atoms in total. The predicted octanol–water partition coefficient (Wildman–Crippen LogP) is 4.73. The molecule has 0 saturated heterocycles. The second-order valence-electron chi connectivity index (χ2n) is 6.84. The van der Waals surface area contributed by atoms with Crippen LogP contribution >= 0.6 is 0 Å². The highest BCUT2D eigenvalue weighted by molar-refractivity contribution is 6.00. The number of aliphatic hydroxyl groups excluding tert-OH is 1. The summed E-state index contributed by atoms with van der Waals surface area (Å²) in [4.78, 5) is 20.6. The standard InChI is InChI=1S/C22H22F3N5O4/c1-33-18-8-3-14(22(23,24)25)13-17(18)29-21(32)28-15-4-6-16(7-5-15)34-19-9-11-27-20(30-19)26-10-2-12-31/h3-9,11,13,31H,2,10,12H2,1H3,(H,26,27,30)(H2,28,29,32). The Morgan fingerprint density at radius 2 is 1.85 bits per heavy atom. The number of anilines is 3. The van der Waals surface area contributed by atoms with Gasteiger partial charge in [0.2, 0.25) is 11.8 Å². The minimum atomic E-state index is -4.56. The summed E-state index contributed by atoms with van der Waals surface area (Å²) < 4.78 is 49.6. The number of nitrogens with one attached hydrogen (secondary N) is 3. The first kappa shape index (κ1) is 24.6. The highest BCUT2D eigenvalue weighted by Crippen LogP contribution is 2.35. The minimum absolute atomic E-state index is 0.0507. The van der Waals surface area contributed by atoms with Crippen LogP contribution in [0.2, 0.25) is 0 Å². The number of aliphatic hydroxyl groups is 1. The maximum atomic E-state index is 13.0. The average Bonchev–Trinajstić information content (AvgIpc) is 2.80. The van der Waals surface area contributed by atoms with Crippen LogP contribution in [0.5, 0.6) is 17.4 Å². The number of urea groups is 1. The van der Waals surface area contributed by atoms with E-state index in [0.29, 0.717) is 30.4 Å². The van der Waals surface area contributed by atoms with Gasteiger partial charge in [0.1, 0.15) is 11.5 Å². The SMILES string of the molecule is COc1ccc(C(F)(F)F)cc1NC(=O)Nc1ccc(Oc2ccnc(NCCCO)n2)cc1. The van der Waals surface area contributed by atoms with Gasteiger partial charge in [0, 0.05) is 31.1 Å². The fourth-order valence-electron chi connectivity index (χ4n) is 2.76. The van der Waals surface area contributed by atoms with Crippen LogP contribution in [0.3, 0.4) is 0 Å². The number of carbonyl (C=O) groups excluding carboxylic acids is 1. The molecule has 34 heavy (non-hydrogen) atoms. The van der Waals surface area contributed by atoms with Gasteiger partial charge < -0.3 is 30.5 Å². The van der Waals surface area contributed by atoms with E-state index in [4.69, 9.17) is 14.6 Å². The fraction of sp³-hybridized carbons (Fsp3) is 0.227. The van der Waals surface area contributed by atoms with Gasteiger partial charge in [-0.3, -0.25) is 0 Å². The molecule has 0 aliphatic rings. The number of halogens is 3. The maximum absolute atomic E-state index is 13.0. The monoisotopic (exact) mass is 477 g/mol. The Kier molecular flexibility index (Phi) is 8.09. The first-order valence-electron chi connectivity index (χ1n) is 10.1. The number of hydrogen-bond donors (Lipinski definition) is 4. The molecule has 0 bridgehead atoms. The van der Waals surface area contributed by atoms with E-state index < -0.39 is 17.8 Å². The second kappa shape index (κ2) is 11.2. The summed E-state index contributed by atoms with van der Waals surface area (Å²) >= 11 is 0. The number of amides is 2. The number of benzene rings is 2. The molecule has 1 aromatic heterocycles. The van der Waals surface area contributed by atoms with Crippen LogP contribution in [0.4, 0.5) is 35.3 Å². The zero-order chi connectivity index (χ0) is 24.6. The van der Waals surface area contributed by atoms with Crippen LogP contribution in [-0.2, 0) is 6.18 Å². The van der Waals surface area contributed by atoms with Crippen LogP contribution in [0, 0.1) is 0 Å². The van der Waals surface area contributed by atoms with Crippen molar-refractivity contribution < 1.29 is 32.5 Å². The predicted molar refractivity (Wildman–Crippen MR) is 119 cm³/mol. The van der Waals surface area contributed by atoms with Crippen molar-refractivity contribution in [2.45, 2.75) is 12.6 Å². The molecule has 1 heterocycles. The van der Waals surface area contributed by atoms with Gasteiger partial charge in [0.05, 0.1) is 18.4 Å². The molecule has 0 unspecified atom stereocenters. The summed E-state index contributed by atoms with van der Waals surface area (Å²) in [5, 5.41) is 16.7. The second-order valence-corrected chi connectivity index (χ2v) is 6.84. The third-order valence-electron chi connectivity index (χ3n) is 4.36. The van der Waals surface area contributed by atoms with Crippen LogP contribution < -0.4 is 25.4 Å². The molecule has 0 spiro atoms. The van der Waals surface area contributed by atoms with Gasteiger partial charge >= 0.3 is 12.2 Å². The Labute approximate surface area is 193 Å². The highest BCUT2D eigenvalue weighted by atomic mass is 19.4. The Morgan fingerprint density at radius 1 is 1.09 bits per heavy atom. The van der Waals surface area contributed by atoms with Gasteiger partial charge in [-0.1, -0.05) is 0 Å². The van der Waals surface area contributed by atoms with Crippen molar-refractivity contribution in [1.82, 2.24) is 9.97 Å². The quantitative estimate of drug-likeness (QED) is 0.329. The molecule has 2 aromatic carbocycles. The van der Waals surface area contributed by atoms with Crippen LogP contribution in [0.15, 0.2) is 54.7 Å². The molecular formula is C22H22F3N5O4. The zero-order valence-corrected chi connectivity index (χ0v) is 18.0. The third kappa shape index (κ3) is 6.97. The Bertz CT molecular complexity index is 1110. The number of alkyl halides is 3. The number of carbonyl (C=O) groups is 1. The zero-order valence-electron chi connectivity index (χ0n) is 18.0. The lowest BCUT2D eigenvalue weighted by Gasteiger charge is -2.14. The maximum Gasteiger partial charge on any atom is 0.416 e. The van der Waals surface area contributed by atoms with E-state index in [-0.39, 0.29) is 23.9 Å². The van der Waals surface area contributed by atoms with E-state index in [1.54, 1.807) is 30.3 Å². The molecule has 0 aliphatic heterocycles. The molecule has 12 heteroatoms. The van der Waals surface area contributed by atoms with Gasteiger partial charge in [-0.05, 0) is 48.9 Å². The summed E-state index contributed by atoms with van der Waals surface area (Å²) in [6.45, 7) is 0.559. The van der Waals surface area contributed by atoms with Crippen LogP contribution in [0.25, 0.3) is 0 Å². The third-order valence-corrected chi connectivity index (χ3v) is 4.36. The summed E-state index contributed by atoms with van der Waals surface area (Å²) in [5.41, 5.74) is -0.659.